The van der Waals surface area contributed by atoms with Gasteiger partial charge in [0.15, 0.2) is 9.84 Å². The molecule has 0 aromatic heterocycles. The van der Waals surface area contributed by atoms with Gasteiger partial charge in [0.2, 0.25) is 5.91 Å². The van der Waals surface area contributed by atoms with Crippen LogP contribution in [0.5, 0.6) is 5.75 Å². The molecule has 0 saturated heterocycles. The lowest BCUT2D eigenvalue weighted by Crippen LogP contribution is -2.22. The number of hydrogen-bond acceptors (Lipinski definition) is 5. The van der Waals surface area contributed by atoms with Gasteiger partial charge in [0.05, 0.1) is 23.8 Å². The van der Waals surface area contributed by atoms with E-state index in [1.807, 2.05) is 0 Å². The van der Waals surface area contributed by atoms with Crippen molar-refractivity contribution in [1.29, 1.82) is 0 Å². The van der Waals surface area contributed by atoms with E-state index in [9.17, 15) is 13.2 Å². The molecule has 6 nitrogen and oxygen atoms in total. The van der Waals surface area contributed by atoms with Gasteiger partial charge in [-0.05, 0) is 32.0 Å². The van der Waals surface area contributed by atoms with Gasteiger partial charge in [-0.25, -0.2) is 8.42 Å². The third kappa shape index (κ3) is 4.41. The summed E-state index contributed by atoms with van der Waals surface area (Å²) in [6, 6.07) is 4.85. The smallest absolute Gasteiger partial charge is 0.225 e. The quantitative estimate of drug-likeness (QED) is 0.774. The van der Waals surface area contributed by atoms with E-state index in [1.165, 1.54) is 7.11 Å². The summed E-state index contributed by atoms with van der Waals surface area (Å²) < 4.78 is 28.4. The van der Waals surface area contributed by atoms with Crippen molar-refractivity contribution in [2.45, 2.75) is 25.5 Å². The van der Waals surface area contributed by atoms with Crippen LogP contribution >= 0.6 is 0 Å². The van der Waals surface area contributed by atoms with Gasteiger partial charge in [0.1, 0.15) is 5.75 Å². The van der Waals surface area contributed by atoms with Crippen LogP contribution in [0.1, 0.15) is 20.3 Å². The van der Waals surface area contributed by atoms with Gasteiger partial charge >= 0.3 is 0 Å². The first-order valence-electron chi connectivity index (χ1n) is 6.21. The number of methoxy groups -OCH3 is 1. The summed E-state index contributed by atoms with van der Waals surface area (Å²) in [6.45, 7) is 3.18. The molecule has 0 unspecified atom stereocenters. The maximum atomic E-state index is 11.8. The second-order valence-electron chi connectivity index (χ2n) is 4.67. The second-order valence-corrected chi connectivity index (χ2v) is 7.35. The van der Waals surface area contributed by atoms with Crippen LogP contribution in [0.3, 0.4) is 0 Å². The number of nitrogens with one attached hydrogen (secondary N) is 1. The molecule has 1 aromatic rings. The topological polar surface area (TPSA) is 98.5 Å². The van der Waals surface area contributed by atoms with E-state index in [1.54, 1.807) is 32.0 Å². The van der Waals surface area contributed by atoms with Crippen LogP contribution in [0.2, 0.25) is 0 Å². The van der Waals surface area contributed by atoms with Crippen molar-refractivity contribution in [3.63, 3.8) is 0 Å². The minimum atomic E-state index is -3.23. The molecule has 0 aliphatic heterocycles. The fraction of sp³-hybridized carbons (Fsp3) is 0.462. The van der Waals surface area contributed by atoms with Crippen molar-refractivity contribution < 1.29 is 17.9 Å². The van der Waals surface area contributed by atoms with Gasteiger partial charge in [-0.15, -0.1) is 0 Å². The Morgan fingerprint density at radius 3 is 2.60 bits per heavy atom. The molecule has 3 N–H and O–H groups in total. The number of hydrogen-bond donors (Lipinski definition) is 2. The molecule has 0 bridgehead atoms. The number of benzene rings is 1. The fourth-order valence-electron chi connectivity index (χ4n) is 1.51. The Kier molecular flexibility index (Phi) is 5.38. The summed E-state index contributed by atoms with van der Waals surface area (Å²) in [4.78, 5) is 11.8. The predicted octanol–water partition coefficient (Wildman–Crippen LogP) is 1.43. The van der Waals surface area contributed by atoms with Gasteiger partial charge in [-0.3, -0.25) is 4.79 Å². The Balaban J connectivity index is 2.70. The van der Waals surface area contributed by atoms with E-state index >= 15 is 0 Å². The zero-order valence-electron chi connectivity index (χ0n) is 11.8. The van der Waals surface area contributed by atoms with Crippen molar-refractivity contribution in [3.8, 4) is 5.75 Å². The predicted molar refractivity (Wildman–Crippen MR) is 79.6 cm³/mol. The van der Waals surface area contributed by atoms with E-state index < -0.39 is 21.0 Å². The molecule has 0 aliphatic rings. The molecule has 0 fully saturated rings. The summed E-state index contributed by atoms with van der Waals surface area (Å²) in [5, 5.41) is 2.12. The number of rotatable bonds is 6. The number of carbonyl (C=O) groups excluding carboxylic acids is 1. The lowest BCUT2D eigenvalue weighted by atomic mass is 10.2. The Hall–Kier alpha value is -1.76. The number of nitrogens with two attached hydrogens (primary N) is 1. The summed E-state index contributed by atoms with van der Waals surface area (Å²) in [5.74, 6) is -0.0985. The van der Waals surface area contributed by atoms with Crippen molar-refractivity contribution in [2.75, 3.05) is 23.9 Å². The number of carbonyl (C=O) groups is 1. The number of ether oxygens (including phenoxy) is 1. The minimum Gasteiger partial charge on any atom is -0.495 e. The van der Waals surface area contributed by atoms with Crippen LogP contribution in [0, 0.1) is 0 Å². The Morgan fingerprint density at radius 2 is 2.05 bits per heavy atom. The molecular formula is C13H20N2O4S. The van der Waals surface area contributed by atoms with E-state index in [4.69, 9.17) is 10.5 Å². The first-order chi connectivity index (χ1) is 9.26. The number of amides is 1. The first kappa shape index (κ1) is 16.3. The molecule has 0 spiro atoms. The summed E-state index contributed by atoms with van der Waals surface area (Å²) in [6.07, 6.45) is -0.0987. The largest absolute Gasteiger partial charge is 0.495 e. The van der Waals surface area contributed by atoms with E-state index in [-0.39, 0.29) is 12.2 Å². The van der Waals surface area contributed by atoms with E-state index in [2.05, 4.69) is 5.32 Å². The van der Waals surface area contributed by atoms with Crippen LogP contribution in [-0.4, -0.2) is 32.4 Å². The van der Waals surface area contributed by atoms with Crippen LogP contribution in [0.4, 0.5) is 11.4 Å². The maximum absolute atomic E-state index is 11.8. The van der Waals surface area contributed by atoms with Gasteiger partial charge in [0, 0.05) is 12.1 Å². The molecule has 20 heavy (non-hydrogen) atoms. The van der Waals surface area contributed by atoms with Crippen molar-refractivity contribution in [1.82, 2.24) is 0 Å². The Morgan fingerprint density at radius 1 is 1.40 bits per heavy atom. The Labute approximate surface area is 119 Å². The van der Waals surface area contributed by atoms with Gasteiger partial charge in [0.25, 0.3) is 0 Å². The highest BCUT2D eigenvalue weighted by molar-refractivity contribution is 7.91. The number of anilines is 2. The number of nitrogen functional groups attached to an aromatic ring is 1. The highest BCUT2D eigenvalue weighted by atomic mass is 32.2. The highest BCUT2D eigenvalue weighted by Gasteiger charge is 2.18. The molecule has 0 atom stereocenters. The zero-order valence-corrected chi connectivity index (χ0v) is 12.7. The number of sulfone groups is 1. The fourth-order valence-corrected chi connectivity index (χ4v) is 2.45. The monoisotopic (exact) mass is 300 g/mol. The van der Waals surface area contributed by atoms with Gasteiger partial charge in [-0.2, -0.15) is 0 Å². The van der Waals surface area contributed by atoms with Gasteiger partial charge < -0.3 is 15.8 Å². The molecule has 112 valence electrons. The normalized spacial score (nSPS) is 11.4. The molecule has 0 aliphatic carbocycles. The van der Waals surface area contributed by atoms with E-state index in [0.29, 0.717) is 17.1 Å². The SMILES string of the molecule is COc1ccc(N)cc1NC(=O)CCS(=O)(=O)C(C)C. The lowest BCUT2D eigenvalue weighted by Gasteiger charge is -2.11. The van der Waals surface area contributed by atoms with Crippen molar-refractivity contribution >= 4 is 27.1 Å². The van der Waals surface area contributed by atoms with E-state index in [0.717, 1.165) is 0 Å². The molecule has 0 heterocycles. The van der Waals surface area contributed by atoms with Crippen LogP contribution in [0.15, 0.2) is 18.2 Å². The molecule has 7 heteroatoms. The van der Waals surface area contributed by atoms with Crippen molar-refractivity contribution in [2.24, 2.45) is 0 Å². The third-order valence-electron chi connectivity index (χ3n) is 2.83. The average Bonchev–Trinajstić information content (AvgIpc) is 2.36. The molecule has 1 aromatic carbocycles. The van der Waals surface area contributed by atoms with Gasteiger partial charge in [-0.1, -0.05) is 0 Å². The summed E-state index contributed by atoms with van der Waals surface area (Å²) in [5.41, 5.74) is 6.55. The van der Waals surface area contributed by atoms with Crippen LogP contribution in [0.25, 0.3) is 0 Å². The molecule has 1 rings (SSSR count). The maximum Gasteiger partial charge on any atom is 0.225 e. The third-order valence-corrected chi connectivity index (χ3v) is 5.04. The Bertz CT molecular complexity index is 582. The lowest BCUT2D eigenvalue weighted by molar-refractivity contribution is -0.115. The molecule has 0 radical (unpaired) electrons. The first-order valence-corrected chi connectivity index (χ1v) is 7.92. The van der Waals surface area contributed by atoms with Crippen molar-refractivity contribution in [3.05, 3.63) is 18.2 Å². The second kappa shape index (κ2) is 6.60. The highest BCUT2D eigenvalue weighted by Crippen LogP contribution is 2.26. The average molecular weight is 300 g/mol. The zero-order chi connectivity index (χ0) is 15.3. The molecular weight excluding hydrogens is 280 g/mol. The summed E-state index contributed by atoms with van der Waals surface area (Å²) in [7, 11) is -1.75. The molecule has 1 amide bonds. The minimum absolute atomic E-state index is 0.0987. The summed E-state index contributed by atoms with van der Waals surface area (Å²) >= 11 is 0. The molecule has 0 saturated carbocycles. The van der Waals surface area contributed by atoms with Crippen LogP contribution in [-0.2, 0) is 14.6 Å². The van der Waals surface area contributed by atoms with Crippen LogP contribution < -0.4 is 15.8 Å². The standard InChI is InChI=1S/C13H20N2O4S/c1-9(2)20(17,18)7-6-13(16)15-11-8-10(14)4-5-12(11)19-3/h4-5,8-9H,6-7,14H2,1-3H3,(H,15,16).